The fourth-order valence-electron chi connectivity index (χ4n) is 2.73. The standard InChI is InChI=1S/C14H21N2O2P/c1-3-11(7-10(2)19)9-16-14(18)8-13(17)12-5-4-6-15(12)16/h3,7,12H,4-6,8-9,19H2,1-2H3/b10-7+,11-3+. The van der Waals surface area contributed by atoms with Crippen molar-refractivity contribution < 1.29 is 9.59 Å². The summed E-state index contributed by atoms with van der Waals surface area (Å²) in [7, 11) is 2.65. The first-order valence-electron chi connectivity index (χ1n) is 6.71. The van der Waals surface area contributed by atoms with Crippen molar-refractivity contribution in [2.45, 2.75) is 39.2 Å². The van der Waals surface area contributed by atoms with E-state index in [0.29, 0.717) is 6.54 Å². The average molecular weight is 280 g/mol. The molecule has 2 heterocycles. The molecule has 0 radical (unpaired) electrons. The van der Waals surface area contributed by atoms with Gasteiger partial charge in [0.15, 0.2) is 5.78 Å². The summed E-state index contributed by atoms with van der Waals surface area (Å²) in [6.07, 6.45) is 6.00. The summed E-state index contributed by atoms with van der Waals surface area (Å²) in [6, 6.07) is -0.0723. The topological polar surface area (TPSA) is 40.6 Å². The van der Waals surface area contributed by atoms with E-state index in [-0.39, 0.29) is 24.2 Å². The first-order valence-corrected chi connectivity index (χ1v) is 7.29. The molecule has 104 valence electrons. The number of fused-ring (bicyclic) bond motifs is 1. The molecule has 2 saturated heterocycles. The van der Waals surface area contributed by atoms with Gasteiger partial charge in [-0.2, -0.15) is 0 Å². The van der Waals surface area contributed by atoms with E-state index >= 15 is 0 Å². The molecule has 2 fully saturated rings. The van der Waals surface area contributed by atoms with Crippen LogP contribution in [0.4, 0.5) is 0 Å². The van der Waals surface area contributed by atoms with Crippen LogP contribution in [-0.2, 0) is 9.59 Å². The lowest BCUT2D eigenvalue weighted by Crippen LogP contribution is -2.57. The summed E-state index contributed by atoms with van der Waals surface area (Å²) in [5, 5.41) is 4.86. The van der Waals surface area contributed by atoms with Gasteiger partial charge in [-0.25, -0.2) is 5.01 Å². The van der Waals surface area contributed by atoms with Crippen LogP contribution in [0.1, 0.15) is 33.1 Å². The van der Waals surface area contributed by atoms with Crippen molar-refractivity contribution in [1.82, 2.24) is 10.0 Å². The summed E-state index contributed by atoms with van der Waals surface area (Å²) in [5.41, 5.74) is 1.10. The molecule has 2 rings (SSSR count). The number of hydrazine groups is 1. The molecule has 2 unspecified atom stereocenters. The number of hydrogen-bond donors (Lipinski definition) is 0. The smallest absolute Gasteiger partial charge is 0.244 e. The summed E-state index contributed by atoms with van der Waals surface area (Å²) in [5.74, 6) is 0.0101. The summed E-state index contributed by atoms with van der Waals surface area (Å²) in [4.78, 5) is 23.9. The number of carbonyl (C=O) groups excluding carboxylic acids is 2. The van der Waals surface area contributed by atoms with Crippen molar-refractivity contribution >= 4 is 20.9 Å². The number of allylic oxidation sites excluding steroid dienone is 2. The molecule has 0 aromatic carbocycles. The van der Waals surface area contributed by atoms with E-state index in [2.05, 4.69) is 15.3 Å². The Balaban J connectivity index is 2.16. The Hall–Kier alpha value is -0.990. The van der Waals surface area contributed by atoms with Crippen LogP contribution in [0.15, 0.2) is 23.0 Å². The molecule has 5 heteroatoms. The highest BCUT2D eigenvalue weighted by molar-refractivity contribution is 7.22. The zero-order chi connectivity index (χ0) is 14.0. The Morgan fingerprint density at radius 3 is 2.84 bits per heavy atom. The van der Waals surface area contributed by atoms with Crippen LogP contribution < -0.4 is 0 Å². The average Bonchev–Trinajstić information content (AvgIpc) is 2.81. The van der Waals surface area contributed by atoms with Gasteiger partial charge in [-0.1, -0.05) is 17.5 Å². The highest BCUT2D eigenvalue weighted by Crippen LogP contribution is 2.27. The summed E-state index contributed by atoms with van der Waals surface area (Å²) >= 11 is 0. The van der Waals surface area contributed by atoms with Crippen LogP contribution in [0.2, 0.25) is 0 Å². The Kier molecular flexibility index (Phi) is 4.54. The van der Waals surface area contributed by atoms with Gasteiger partial charge in [-0.15, -0.1) is 9.24 Å². The first kappa shape index (κ1) is 14.4. The maximum Gasteiger partial charge on any atom is 0.244 e. The monoisotopic (exact) mass is 280 g/mol. The second-order valence-electron chi connectivity index (χ2n) is 5.17. The number of hydrogen-bond acceptors (Lipinski definition) is 3. The number of carbonyl (C=O) groups is 2. The second-order valence-corrected chi connectivity index (χ2v) is 6.08. The summed E-state index contributed by atoms with van der Waals surface area (Å²) in [6.45, 7) is 5.35. The minimum absolute atomic E-state index is 0.0573. The zero-order valence-corrected chi connectivity index (χ0v) is 12.7. The molecule has 2 atom stereocenters. The van der Waals surface area contributed by atoms with Gasteiger partial charge in [0.1, 0.15) is 0 Å². The predicted molar refractivity (Wildman–Crippen MR) is 78.3 cm³/mol. The third-order valence-corrected chi connectivity index (χ3v) is 3.80. The molecule has 1 amide bonds. The van der Waals surface area contributed by atoms with Gasteiger partial charge in [-0.05, 0) is 32.3 Å². The van der Waals surface area contributed by atoms with Gasteiger partial charge < -0.3 is 0 Å². The molecule has 0 saturated carbocycles. The number of amides is 1. The lowest BCUT2D eigenvalue weighted by atomic mass is 10.0. The predicted octanol–water partition coefficient (Wildman–Crippen LogP) is 1.89. The Labute approximate surface area is 116 Å². The maximum atomic E-state index is 12.1. The normalized spacial score (nSPS) is 26.1. The molecule has 0 aliphatic carbocycles. The van der Waals surface area contributed by atoms with Crippen LogP contribution in [0.5, 0.6) is 0 Å². The summed E-state index contributed by atoms with van der Waals surface area (Å²) < 4.78 is 0. The highest BCUT2D eigenvalue weighted by atomic mass is 31.0. The Bertz CT molecular complexity index is 452. The van der Waals surface area contributed by atoms with Crippen molar-refractivity contribution in [2.75, 3.05) is 13.1 Å². The van der Waals surface area contributed by atoms with Gasteiger partial charge in [0.25, 0.3) is 0 Å². The minimum atomic E-state index is -0.0723. The van der Waals surface area contributed by atoms with Crippen LogP contribution in [-0.4, -0.2) is 40.8 Å². The lowest BCUT2D eigenvalue weighted by molar-refractivity contribution is -0.163. The van der Waals surface area contributed by atoms with Gasteiger partial charge in [-0.3, -0.25) is 14.6 Å². The SMILES string of the molecule is C/C=C(\C=C(/C)P)CN1C(=O)CC(=O)C2CCCN21. The van der Waals surface area contributed by atoms with E-state index in [0.717, 1.165) is 30.3 Å². The van der Waals surface area contributed by atoms with E-state index < -0.39 is 0 Å². The fourth-order valence-corrected chi connectivity index (χ4v) is 2.95. The number of Topliss-reactive ketones (excluding diaryl/α,β-unsaturated/α-hetero) is 1. The van der Waals surface area contributed by atoms with Crippen molar-refractivity contribution in [3.8, 4) is 0 Å². The van der Waals surface area contributed by atoms with Gasteiger partial charge >= 0.3 is 0 Å². The number of nitrogens with zero attached hydrogens (tertiary/aromatic N) is 2. The Morgan fingerprint density at radius 1 is 1.47 bits per heavy atom. The molecular weight excluding hydrogens is 259 g/mol. The minimum Gasteiger partial charge on any atom is -0.297 e. The largest absolute Gasteiger partial charge is 0.297 e. The third kappa shape index (κ3) is 3.13. The van der Waals surface area contributed by atoms with Crippen molar-refractivity contribution in [3.63, 3.8) is 0 Å². The van der Waals surface area contributed by atoms with Crippen LogP contribution in [0.25, 0.3) is 0 Å². The van der Waals surface area contributed by atoms with E-state index in [1.165, 1.54) is 0 Å². The van der Waals surface area contributed by atoms with Gasteiger partial charge in [0.05, 0.1) is 19.0 Å². The molecule has 0 N–H and O–H groups in total. The maximum absolute atomic E-state index is 12.1. The van der Waals surface area contributed by atoms with Crippen molar-refractivity contribution in [1.29, 1.82) is 0 Å². The fraction of sp³-hybridized carbons (Fsp3) is 0.571. The van der Waals surface area contributed by atoms with Crippen LogP contribution in [0.3, 0.4) is 0 Å². The molecule has 2 aliphatic heterocycles. The van der Waals surface area contributed by atoms with Crippen LogP contribution in [0, 0.1) is 0 Å². The molecule has 4 nitrogen and oxygen atoms in total. The molecule has 0 aromatic rings. The second kappa shape index (κ2) is 5.98. The third-order valence-electron chi connectivity index (χ3n) is 3.64. The first-order chi connectivity index (χ1) is 9.02. The number of rotatable bonds is 3. The highest BCUT2D eigenvalue weighted by Gasteiger charge is 2.41. The van der Waals surface area contributed by atoms with Crippen molar-refractivity contribution in [2.24, 2.45) is 0 Å². The van der Waals surface area contributed by atoms with Crippen LogP contribution >= 0.6 is 9.24 Å². The molecule has 0 spiro atoms. The van der Waals surface area contributed by atoms with Gasteiger partial charge in [0.2, 0.25) is 5.91 Å². The molecule has 0 bridgehead atoms. The zero-order valence-electron chi connectivity index (χ0n) is 11.6. The molecular formula is C14H21N2O2P. The van der Waals surface area contributed by atoms with E-state index in [4.69, 9.17) is 0 Å². The molecule has 19 heavy (non-hydrogen) atoms. The van der Waals surface area contributed by atoms with E-state index in [1.807, 2.05) is 24.9 Å². The quantitative estimate of drug-likeness (QED) is 0.450. The number of ketones is 1. The molecule has 0 aromatic heterocycles. The van der Waals surface area contributed by atoms with E-state index in [1.54, 1.807) is 5.01 Å². The van der Waals surface area contributed by atoms with Crippen molar-refractivity contribution in [3.05, 3.63) is 23.0 Å². The van der Waals surface area contributed by atoms with E-state index in [9.17, 15) is 9.59 Å². The Morgan fingerprint density at radius 2 is 2.21 bits per heavy atom. The van der Waals surface area contributed by atoms with Gasteiger partial charge in [0, 0.05) is 6.54 Å². The molecule has 2 aliphatic rings. The lowest BCUT2D eigenvalue weighted by Gasteiger charge is -2.39.